The molecule has 1 N–H and O–H groups in total. The van der Waals surface area contributed by atoms with Crippen LogP contribution in [0.5, 0.6) is 0 Å². The number of hydrogen-bond acceptors (Lipinski definition) is 6. The molecular weight excluding hydrogens is 470 g/mol. The van der Waals surface area contributed by atoms with E-state index in [9.17, 15) is 14.9 Å². The Hall–Kier alpha value is -3.73. The molecule has 0 fully saturated rings. The average molecular weight is 490 g/mol. The highest BCUT2D eigenvalue weighted by molar-refractivity contribution is 7.18. The lowest BCUT2D eigenvalue weighted by Crippen LogP contribution is -2.13. The number of carbonyl (C=O) groups is 2. The van der Waals surface area contributed by atoms with Gasteiger partial charge in [-0.1, -0.05) is 48.0 Å². The zero-order valence-corrected chi connectivity index (χ0v) is 20.3. The predicted molar refractivity (Wildman–Crippen MR) is 134 cm³/mol. The number of carbonyl (C=O) groups excluding carboxylic acids is 2. The summed E-state index contributed by atoms with van der Waals surface area (Å²) in [6, 6.07) is 18.3. The molecule has 4 rings (SSSR count). The molecule has 34 heavy (non-hydrogen) atoms. The molecule has 2 aromatic heterocycles. The first-order valence-electron chi connectivity index (χ1n) is 10.5. The molecule has 2 aromatic carbocycles. The van der Waals surface area contributed by atoms with Gasteiger partial charge in [-0.15, -0.1) is 11.3 Å². The van der Waals surface area contributed by atoms with Gasteiger partial charge in [-0.2, -0.15) is 5.26 Å². The molecule has 0 aliphatic carbocycles. The van der Waals surface area contributed by atoms with Crippen molar-refractivity contribution < 1.29 is 14.3 Å². The first kappa shape index (κ1) is 23.4. The molecule has 1 amide bonds. The van der Waals surface area contributed by atoms with Gasteiger partial charge in [0.2, 0.25) is 0 Å². The number of hydrogen-bond donors (Lipinski definition) is 1. The first-order valence-corrected chi connectivity index (χ1v) is 11.7. The second-order valence-corrected chi connectivity index (χ2v) is 9.26. The van der Waals surface area contributed by atoms with E-state index < -0.39 is 11.9 Å². The molecule has 2 heterocycles. The third-order valence-electron chi connectivity index (χ3n) is 5.12. The molecule has 0 saturated carbocycles. The molecule has 0 spiro atoms. The van der Waals surface area contributed by atoms with Crippen LogP contribution in [0.4, 0.5) is 5.00 Å². The van der Waals surface area contributed by atoms with Crippen LogP contribution in [0.3, 0.4) is 0 Å². The molecule has 170 valence electrons. The number of fused-ring (bicyclic) bond motifs is 1. The van der Waals surface area contributed by atoms with Crippen molar-refractivity contribution in [3.8, 4) is 17.3 Å². The maximum atomic E-state index is 13.4. The molecule has 0 saturated heterocycles. The van der Waals surface area contributed by atoms with Crippen LogP contribution in [0.25, 0.3) is 22.2 Å². The van der Waals surface area contributed by atoms with E-state index in [4.69, 9.17) is 16.3 Å². The predicted octanol–water partition coefficient (Wildman–Crippen LogP) is 6.61. The van der Waals surface area contributed by atoms with Crippen molar-refractivity contribution in [1.82, 2.24) is 4.98 Å². The monoisotopic (exact) mass is 489 g/mol. The first-order chi connectivity index (χ1) is 16.3. The van der Waals surface area contributed by atoms with E-state index in [0.717, 1.165) is 11.3 Å². The number of rotatable bonds is 5. The standard InChI is InChI=1S/C26H20ClN3O3S/c1-14(2)33-26(32)23-15(3)19(13-28)25(34-23)30-24(31)18-12-22(17-9-4-6-10-20(17)27)29-21-11-7-5-8-16(18)21/h4-12,14H,1-3H3,(H,30,31). The molecular formula is C26H20ClN3O3S. The van der Waals surface area contributed by atoms with Gasteiger partial charge < -0.3 is 10.1 Å². The number of nitrogens with zero attached hydrogens (tertiary/aromatic N) is 2. The van der Waals surface area contributed by atoms with Gasteiger partial charge in [0.05, 0.1) is 28.4 Å². The molecule has 0 aliphatic heterocycles. The Morgan fingerprint density at radius 1 is 1.15 bits per heavy atom. The molecule has 8 heteroatoms. The number of amides is 1. The number of halogens is 1. The maximum absolute atomic E-state index is 13.4. The van der Waals surface area contributed by atoms with Crippen LogP contribution >= 0.6 is 22.9 Å². The van der Waals surface area contributed by atoms with Crippen LogP contribution in [0.2, 0.25) is 5.02 Å². The molecule has 0 unspecified atom stereocenters. The highest BCUT2D eigenvalue weighted by Crippen LogP contribution is 2.35. The number of nitriles is 1. The zero-order valence-electron chi connectivity index (χ0n) is 18.7. The van der Waals surface area contributed by atoms with Crippen molar-refractivity contribution in [2.45, 2.75) is 26.9 Å². The third-order valence-corrected chi connectivity index (χ3v) is 6.64. The fraction of sp³-hybridized carbons (Fsp3) is 0.154. The minimum atomic E-state index is -0.523. The van der Waals surface area contributed by atoms with Gasteiger partial charge in [-0.25, -0.2) is 9.78 Å². The molecule has 0 aliphatic rings. The number of benzene rings is 2. The summed E-state index contributed by atoms with van der Waals surface area (Å²) in [6.45, 7) is 5.17. The van der Waals surface area contributed by atoms with Gasteiger partial charge in [0.25, 0.3) is 5.91 Å². The van der Waals surface area contributed by atoms with E-state index >= 15 is 0 Å². The van der Waals surface area contributed by atoms with Gasteiger partial charge in [0, 0.05) is 16.0 Å². The van der Waals surface area contributed by atoms with Crippen LogP contribution < -0.4 is 5.32 Å². The highest BCUT2D eigenvalue weighted by atomic mass is 35.5. The summed E-state index contributed by atoms with van der Waals surface area (Å²) >= 11 is 7.40. The smallest absolute Gasteiger partial charge is 0.348 e. The van der Waals surface area contributed by atoms with E-state index in [2.05, 4.69) is 16.4 Å². The van der Waals surface area contributed by atoms with Crippen molar-refractivity contribution in [3.05, 3.63) is 81.2 Å². The third kappa shape index (κ3) is 4.51. The Labute approximate surface area is 205 Å². The molecule has 0 bridgehead atoms. The molecule has 4 aromatic rings. The van der Waals surface area contributed by atoms with Gasteiger partial charge >= 0.3 is 5.97 Å². The number of thiophene rings is 1. The summed E-state index contributed by atoms with van der Waals surface area (Å²) < 4.78 is 5.28. The molecule has 6 nitrogen and oxygen atoms in total. The second-order valence-electron chi connectivity index (χ2n) is 7.83. The zero-order chi connectivity index (χ0) is 24.4. The van der Waals surface area contributed by atoms with Gasteiger partial charge in [0.1, 0.15) is 15.9 Å². The fourth-order valence-corrected chi connectivity index (χ4v) is 4.81. The van der Waals surface area contributed by atoms with E-state index in [-0.39, 0.29) is 16.5 Å². The minimum absolute atomic E-state index is 0.235. The van der Waals surface area contributed by atoms with Gasteiger partial charge in [-0.05, 0) is 44.5 Å². The normalized spacial score (nSPS) is 10.8. The average Bonchev–Trinajstić information content (AvgIpc) is 3.13. The fourth-order valence-electron chi connectivity index (χ4n) is 3.54. The van der Waals surface area contributed by atoms with Crippen LogP contribution in [0, 0.1) is 18.3 Å². The van der Waals surface area contributed by atoms with Gasteiger partial charge in [0.15, 0.2) is 0 Å². The summed E-state index contributed by atoms with van der Waals surface area (Å²) in [5.74, 6) is -0.946. The number of pyridine rings is 1. The van der Waals surface area contributed by atoms with E-state index in [0.29, 0.717) is 43.3 Å². The number of nitrogens with one attached hydrogen (secondary N) is 1. The van der Waals surface area contributed by atoms with Crippen molar-refractivity contribution in [3.63, 3.8) is 0 Å². The van der Waals surface area contributed by atoms with Crippen molar-refractivity contribution in [2.75, 3.05) is 5.32 Å². The topological polar surface area (TPSA) is 92.1 Å². The number of ether oxygens (including phenoxy) is 1. The summed E-state index contributed by atoms with van der Waals surface area (Å²) in [5.41, 5.74) is 2.98. The Morgan fingerprint density at radius 3 is 2.56 bits per heavy atom. The Bertz CT molecular complexity index is 1470. The number of esters is 1. The number of aromatic nitrogens is 1. The minimum Gasteiger partial charge on any atom is -0.459 e. The highest BCUT2D eigenvalue weighted by Gasteiger charge is 2.24. The van der Waals surface area contributed by atoms with Crippen molar-refractivity contribution in [1.29, 1.82) is 5.26 Å². The largest absolute Gasteiger partial charge is 0.459 e. The van der Waals surface area contributed by atoms with Crippen molar-refractivity contribution >= 4 is 50.7 Å². The summed E-state index contributed by atoms with van der Waals surface area (Å²) in [4.78, 5) is 30.9. The van der Waals surface area contributed by atoms with Gasteiger partial charge in [-0.3, -0.25) is 4.79 Å². The summed E-state index contributed by atoms with van der Waals surface area (Å²) in [5, 5.41) is 14.0. The lowest BCUT2D eigenvalue weighted by molar-refractivity contribution is 0.0383. The van der Waals surface area contributed by atoms with Crippen LogP contribution in [-0.2, 0) is 4.74 Å². The van der Waals surface area contributed by atoms with Crippen LogP contribution in [-0.4, -0.2) is 23.0 Å². The quantitative estimate of drug-likeness (QED) is 0.318. The molecule has 0 radical (unpaired) electrons. The van der Waals surface area contributed by atoms with Crippen LogP contribution in [0.1, 0.15) is 45.0 Å². The Morgan fingerprint density at radius 2 is 1.85 bits per heavy atom. The second kappa shape index (κ2) is 9.64. The van der Waals surface area contributed by atoms with E-state index in [1.807, 2.05) is 42.5 Å². The Balaban J connectivity index is 1.78. The summed E-state index contributed by atoms with van der Waals surface area (Å²) in [6.07, 6.45) is -0.302. The number of para-hydroxylation sites is 1. The number of anilines is 1. The maximum Gasteiger partial charge on any atom is 0.348 e. The lowest BCUT2D eigenvalue weighted by atomic mass is 10.0. The Kier molecular flexibility index (Phi) is 6.64. The van der Waals surface area contributed by atoms with E-state index in [1.165, 1.54) is 0 Å². The SMILES string of the molecule is Cc1c(C(=O)OC(C)C)sc(NC(=O)c2cc(-c3ccccc3Cl)nc3ccccc23)c1C#N. The van der Waals surface area contributed by atoms with Crippen LogP contribution in [0.15, 0.2) is 54.6 Å². The lowest BCUT2D eigenvalue weighted by Gasteiger charge is -2.11. The van der Waals surface area contributed by atoms with E-state index in [1.54, 1.807) is 32.9 Å². The summed E-state index contributed by atoms with van der Waals surface area (Å²) in [7, 11) is 0. The van der Waals surface area contributed by atoms with Crippen molar-refractivity contribution in [2.24, 2.45) is 0 Å². The molecule has 0 atom stereocenters.